The fourth-order valence-electron chi connectivity index (χ4n) is 2.77. The SMILES string of the molecule is COCc1ccc(NCc2cc(=O)n3cc(C)ccc3n2)cc1C(F)(F)F. The van der Waals surface area contributed by atoms with E-state index in [0.29, 0.717) is 11.3 Å². The molecule has 0 radical (unpaired) electrons. The first-order chi connectivity index (χ1) is 12.8. The van der Waals surface area contributed by atoms with Crippen LogP contribution in [0.25, 0.3) is 5.65 Å². The molecule has 27 heavy (non-hydrogen) atoms. The summed E-state index contributed by atoms with van der Waals surface area (Å²) in [5.41, 5.74) is 1.20. The lowest BCUT2D eigenvalue weighted by molar-refractivity contribution is -0.138. The number of alkyl halides is 3. The first-order valence-corrected chi connectivity index (χ1v) is 8.20. The number of aromatic nitrogens is 2. The Morgan fingerprint density at radius 2 is 1.96 bits per heavy atom. The highest BCUT2D eigenvalue weighted by Crippen LogP contribution is 2.34. The fraction of sp³-hybridized carbons (Fsp3) is 0.263. The molecule has 8 heteroatoms. The van der Waals surface area contributed by atoms with E-state index in [0.717, 1.165) is 11.6 Å². The van der Waals surface area contributed by atoms with Crippen molar-refractivity contribution in [2.45, 2.75) is 26.3 Å². The highest BCUT2D eigenvalue weighted by molar-refractivity contribution is 5.50. The van der Waals surface area contributed by atoms with Gasteiger partial charge in [-0.25, -0.2) is 4.98 Å². The van der Waals surface area contributed by atoms with Crippen molar-refractivity contribution < 1.29 is 17.9 Å². The molecular formula is C19H18F3N3O2. The van der Waals surface area contributed by atoms with Crippen molar-refractivity contribution in [3.63, 3.8) is 0 Å². The number of pyridine rings is 1. The average molecular weight is 377 g/mol. The number of nitrogens with one attached hydrogen (secondary N) is 1. The molecule has 3 rings (SSSR count). The average Bonchev–Trinajstić information content (AvgIpc) is 2.61. The second kappa shape index (κ2) is 7.40. The minimum atomic E-state index is -4.48. The molecule has 0 unspecified atom stereocenters. The maximum Gasteiger partial charge on any atom is 0.416 e. The van der Waals surface area contributed by atoms with Crippen LogP contribution in [-0.2, 0) is 24.1 Å². The molecule has 0 aliphatic carbocycles. The molecule has 0 spiro atoms. The Hall–Kier alpha value is -2.87. The van der Waals surface area contributed by atoms with E-state index in [-0.39, 0.29) is 30.0 Å². The zero-order valence-electron chi connectivity index (χ0n) is 14.8. The summed E-state index contributed by atoms with van der Waals surface area (Å²) in [5.74, 6) is 0. The highest BCUT2D eigenvalue weighted by Gasteiger charge is 2.33. The minimum absolute atomic E-state index is 0.0630. The summed E-state index contributed by atoms with van der Waals surface area (Å²) in [5, 5.41) is 2.89. The zero-order valence-corrected chi connectivity index (χ0v) is 14.8. The Morgan fingerprint density at radius 3 is 2.67 bits per heavy atom. The van der Waals surface area contributed by atoms with Gasteiger partial charge in [0.1, 0.15) is 5.65 Å². The number of anilines is 1. The summed E-state index contributed by atoms with van der Waals surface area (Å²) in [6.07, 6.45) is -2.80. The third kappa shape index (κ3) is 4.28. The summed E-state index contributed by atoms with van der Waals surface area (Å²) in [6.45, 7) is 1.87. The minimum Gasteiger partial charge on any atom is -0.380 e. The van der Waals surface area contributed by atoms with Crippen molar-refractivity contribution in [2.75, 3.05) is 12.4 Å². The summed E-state index contributed by atoms with van der Waals surface area (Å²) in [7, 11) is 1.34. The fourth-order valence-corrected chi connectivity index (χ4v) is 2.77. The molecule has 0 aliphatic rings. The number of ether oxygens (including phenoxy) is 1. The maximum atomic E-state index is 13.2. The van der Waals surface area contributed by atoms with Crippen LogP contribution in [0.5, 0.6) is 0 Å². The van der Waals surface area contributed by atoms with Gasteiger partial charge in [0.05, 0.1) is 24.4 Å². The van der Waals surface area contributed by atoms with Gasteiger partial charge in [-0.1, -0.05) is 12.1 Å². The van der Waals surface area contributed by atoms with Crippen molar-refractivity contribution in [3.8, 4) is 0 Å². The van der Waals surface area contributed by atoms with E-state index >= 15 is 0 Å². The Morgan fingerprint density at radius 1 is 1.19 bits per heavy atom. The van der Waals surface area contributed by atoms with Gasteiger partial charge in [-0.3, -0.25) is 9.20 Å². The molecule has 2 heterocycles. The Bertz CT molecular complexity index is 1030. The van der Waals surface area contributed by atoms with Crippen LogP contribution < -0.4 is 10.9 Å². The molecule has 5 nitrogen and oxygen atoms in total. The van der Waals surface area contributed by atoms with Crippen molar-refractivity contribution in [2.24, 2.45) is 0 Å². The van der Waals surface area contributed by atoms with Gasteiger partial charge in [0.25, 0.3) is 5.56 Å². The van der Waals surface area contributed by atoms with Crippen molar-refractivity contribution in [1.82, 2.24) is 9.38 Å². The predicted octanol–water partition coefficient (Wildman–Crippen LogP) is 3.78. The van der Waals surface area contributed by atoms with Crippen LogP contribution in [0.1, 0.15) is 22.4 Å². The Balaban J connectivity index is 1.85. The lowest BCUT2D eigenvalue weighted by atomic mass is 10.1. The number of rotatable bonds is 5. The number of nitrogens with zero attached hydrogens (tertiary/aromatic N) is 2. The van der Waals surface area contributed by atoms with Crippen LogP contribution in [0.3, 0.4) is 0 Å². The van der Waals surface area contributed by atoms with E-state index in [9.17, 15) is 18.0 Å². The van der Waals surface area contributed by atoms with E-state index < -0.39 is 11.7 Å². The number of benzene rings is 1. The Labute approximate surface area is 153 Å². The number of hydrogen-bond acceptors (Lipinski definition) is 4. The summed E-state index contributed by atoms with van der Waals surface area (Å²) >= 11 is 0. The molecule has 0 aliphatic heterocycles. The van der Waals surface area contributed by atoms with Gasteiger partial charge in [-0.15, -0.1) is 0 Å². The lowest BCUT2D eigenvalue weighted by Crippen LogP contribution is -2.17. The normalized spacial score (nSPS) is 11.7. The lowest BCUT2D eigenvalue weighted by Gasteiger charge is -2.15. The van der Waals surface area contributed by atoms with E-state index in [2.05, 4.69) is 10.3 Å². The largest absolute Gasteiger partial charge is 0.416 e. The van der Waals surface area contributed by atoms with Crippen molar-refractivity contribution in [3.05, 3.63) is 75.3 Å². The quantitative estimate of drug-likeness (QED) is 0.735. The van der Waals surface area contributed by atoms with Crippen molar-refractivity contribution >= 4 is 11.3 Å². The van der Waals surface area contributed by atoms with Crippen molar-refractivity contribution in [1.29, 1.82) is 0 Å². The smallest absolute Gasteiger partial charge is 0.380 e. The van der Waals surface area contributed by atoms with Gasteiger partial charge in [-0.05, 0) is 36.2 Å². The molecule has 0 saturated heterocycles. The van der Waals surface area contributed by atoms with Gasteiger partial charge in [-0.2, -0.15) is 13.2 Å². The number of fused-ring (bicyclic) bond motifs is 1. The van der Waals surface area contributed by atoms with Crippen LogP contribution in [0, 0.1) is 6.92 Å². The van der Waals surface area contributed by atoms with E-state index in [1.807, 2.05) is 13.0 Å². The summed E-state index contributed by atoms with van der Waals surface area (Å²) in [4.78, 5) is 16.6. The first-order valence-electron chi connectivity index (χ1n) is 8.20. The monoisotopic (exact) mass is 377 g/mol. The molecule has 0 amide bonds. The Kier molecular flexibility index (Phi) is 5.18. The highest BCUT2D eigenvalue weighted by atomic mass is 19.4. The third-order valence-electron chi connectivity index (χ3n) is 4.05. The van der Waals surface area contributed by atoms with Crippen LogP contribution >= 0.6 is 0 Å². The third-order valence-corrected chi connectivity index (χ3v) is 4.05. The second-order valence-corrected chi connectivity index (χ2v) is 6.18. The number of aryl methyl sites for hydroxylation is 1. The van der Waals surface area contributed by atoms with Gasteiger partial charge >= 0.3 is 6.18 Å². The molecule has 2 aromatic heterocycles. The van der Waals surface area contributed by atoms with Gasteiger partial charge in [0.15, 0.2) is 0 Å². The topological polar surface area (TPSA) is 55.6 Å². The van der Waals surface area contributed by atoms with Crippen LogP contribution in [-0.4, -0.2) is 16.5 Å². The van der Waals surface area contributed by atoms with E-state index in [1.54, 1.807) is 18.3 Å². The molecule has 0 atom stereocenters. The predicted molar refractivity (Wildman–Crippen MR) is 95.7 cm³/mol. The van der Waals surface area contributed by atoms with Crippen LogP contribution in [0.4, 0.5) is 18.9 Å². The molecule has 0 saturated carbocycles. The molecule has 1 aromatic carbocycles. The number of methoxy groups -OCH3 is 1. The summed E-state index contributed by atoms with van der Waals surface area (Å²) in [6, 6.07) is 8.88. The molecule has 3 aromatic rings. The second-order valence-electron chi connectivity index (χ2n) is 6.18. The molecule has 0 bridgehead atoms. The first kappa shape index (κ1) is 18.9. The van der Waals surface area contributed by atoms with Crippen LogP contribution in [0.15, 0.2) is 47.4 Å². The number of halogens is 3. The van der Waals surface area contributed by atoms with E-state index in [4.69, 9.17) is 4.74 Å². The maximum absolute atomic E-state index is 13.2. The van der Waals surface area contributed by atoms with Gasteiger partial charge in [0, 0.05) is 25.1 Å². The summed E-state index contributed by atoms with van der Waals surface area (Å²) < 4.78 is 46.0. The number of hydrogen-bond donors (Lipinski definition) is 1. The van der Waals surface area contributed by atoms with E-state index in [1.165, 1.54) is 23.6 Å². The molecular weight excluding hydrogens is 359 g/mol. The molecule has 142 valence electrons. The van der Waals surface area contributed by atoms with Gasteiger partial charge in [0.2, 0.25) is 0 Å². The standard InChI is InChI=1S/C19H18F3N3O2/c1-12-3-6-17-24-15(8-18(26)25(17)10-12)9-23-14-5-4-13(11-27-2)16(7-14)19(20,21)22/h3-8,10,23H,9,11H2,1-2H3. The molecule has 1 N–H and O–H groups in total. The van der Waals surface area contributed by atoms with Crippen LogP contribution in [0.2, 0.25) is 0 Å². The van der Waals surface area contributed by atoms with Gasteiger partial charge < -0.3 is 10.1 Å². The zero-order chi connectivity index (χ0) is 19.6. The molecule has 0 fully saturated rings.